The normalized spacial score (nSPS) is 36.4. The van der Waals surface area contributed by atoms with Gasteiger partial charge in [0.25, 0.3) is 0 Å². The number of benzene rings is 1. The van der Waals surface area contributed by atoms with Gasteiger partial charge in [-0.3, -0.25) is 0 Å². The molecule has 1 aromatic rings. The van der Waals surface area contributed by atoms with Crippen molar-refractivity contribution in [2.75, 3.05) is 0 Å². The summed E-state index contributed by atoms with van der Waals surface area (Å²) < 4.78 is 34.7. The van der Waals surface area contributed by atoms with Gasteiger partial charge in [-0.05, 0) is 42.4 Å². The molecule has 0 heterocycles. The van der Waals surface area contributed by atoms with Crippen molar-refractivity contribution in [3.8, 4) is 0 Å². The summed E-state index contributed by atoms with van der Waals surface area (Å²) in [4.78, 5) is 0. The summed E-state index contributed by atoms with van der Waals surface area (Å²) in [5.41, 5.74) is 0.964. The zero-order valence-electron chi connectivity index (χ0n) is 8.41. The fourth-order valence-corrected chi connectivity index (χ4v) is 4.90. The highest BCUT2D eigenvalue weighted by Gasteiger charge is 2.74. The van der Waals surface area contributed by atoms with Gasteiger partial charge in [-0.1, -0.05) is 12.1 Å². The highest BCUT2D eigenvalue weighted by molar-refractivity contribution is 8.15. The molecule has 0 amide bonds. The van der Waals surface area contributed by atoms with Crippen LogP contribution in [0.4, 0.5) is 4.39 Å². The molecular formula is C11H10ClFO2S. The highest BCUT2D eigenvalue weighted by Crippen LogP contribution is 2.71. The molecule has 0 spiro atoms. The third-order valence-electron chi connectivity index (χ3n) is 3.96. The van der Waals surface area contributed by atoms with Crippen LogP contribution in [0.3, 0.4) is 0 Å². The second-order valence-electron chi connectivity index (χ2n) is 4.94. The smallest absolute Gasteiger partial charge is 0.212 e. The van der Waals surface area contributed by atoms with E-state index in [0.717, 1.165) is 5.56 Å². The van der Waals surface area contributed by atoms with Gasteiger partial charge in [0, 0.05) is 10.7 Å². The van der Waals surface area contributed by atoms with Gasteiger partial charge in [0.15, 0.2) is 0 Å². The van der Waals surface area contributed by atoms with E-state index in [1.54, 1.807) is 12.1 Å². The average molecular weight is 261 g/mol. The van der Waals surface area contributed by atoms with Crippen molar-refractivity contribution in [1.29, 1.82) is 0 Å². The van der Waals surface area contributed by atoms with Crippen molar-refractivity contribution in [1.82, 2.24) is 0 Å². The van der Waals surface area contributed by atoms with E-state index in [1.165, 1.54) is 12.1 Å². The zero-order valence-corrected chi connectivity index (χ0v) is 9.98. The van der Waals surface area contributed by atoms with Crippen LogP contribution < -0.4 is 0 Å². The summed E-state index contributed by atoms with van der Waals surface area (Å²) in [5.74, 6) is -0.268. The monoisotopic (exact) mass is 260 g/mol. The van der Waals surface area contributed by atoms with Gasteiger partial charge in [0.1, 0.15) is 5.82 Å². The molecule has 0 saturated heterocycles. The third-order valence-corrected chi connectivity index (χ3v) is 6.40. The van der Waals surface area contributed by atoms with Crippen LogP contribution in [0.15, 0.2) is 24.3 Å². The molecular weight excluding hydrogens is 251 g/mol. The maximum Gasteiger partial charge on any atom is 0.238 e. The average Bonchev–Trinajstić information content (AvgIpc) is 2.00. The van der Waals surface area contributed by atoms with E-state index in [-0.39, 0.29) is 11.2 Å². The maximum atomic E-state index is 12.8. The molecule has 0 radical (unpaired) electrons. The molecule has 3 aliphatic carbocycles. The Labute approximate surface area is 97.8 Å². The van der Waals surface area contributed by atoms with Crippen LogP contribution in [0.1, 0.15) is 24.8 Å². The zero-order chi connectivity index (χ0) is 11.6. The van der Waals surface area contributed by atoms with Crippen LogP contribution in [0, 0.1) is 5.82 Å². The number of hydrogen-bond donors (Lipinski definition) is 0. The lowest BCUT2D eigenvalue weighted by Gasteiger charge is -2.68. The van der Waals surface area contributed by atoms with Crippen molar-refractivity contribution in [2.45, 2.75) is 29.4 Å². The molecule has 86 valence electrons. The lowest BCUT2D eigenvalue weighted by Crippen LogP contribution is -2.71. The van der Waals surface area contributed by atoms with E-state index >= 15 is 0 Å². The molecule has 3 saturated carbocycles. The van der Waals surface area contributed by atoms with Gasteiger partial charge in [0.05, 0.1) is 4.75 Å². The lowest BCUT2D eigenvalue weighted by molar-refractivity contribution is 0.00140. The Morgan fingerprint density at radius 3 is 2.06 bits per heavy atom. The van der Waals surface area contributed by atoms with Crippen LogP contribution in [-0.4, -0.2) is 13.2 Å². The molecule has 0 aromatic heterocycles. The second-order valence-corrected chi connectivity index (χ2v) is 7.90. The topological polar surface area (TPSA) is 34.1 Å². The van der Waals surface area contributed by atoms with Crippen molar-refractivity contribution in [3.05, 3.63) is 35.6 Å². The van der Waals surface area contributed by atoms with Crippen LogP contribution in [0.25, 0.3) is 0 Å². The van der Waals surface area contributed by atoms with E-state index in [1.807, 2.05) is 0 Å². The summed E-state index contributed by atoms with van der Waals surface area (Å²) in [6.07, 6.45) is 1.74. The molecule has 3 fully saturated rings. The number of halogens is 2. The Morgan fingerprint density at radius 1 is 1.12 bits per heavy atom. The van der Waals surface area contributed by atoms with Gasteiger partial charge in [0.2, 0.25) is 9.05 Å². The first-order valence-corrected chi connectivity index (χ1v) is 7.38. The molecule has 5 heteroatoms. The molecule has 16 heavy (non-hydrogen) atoms. The quantitative estimate of drug-likeness (QED) is 0.766. The standard InChI is InChI=1S/C11H10ClFO2S/c12-16(14,15)11-5-10(6-11,7-11)8-1-3-9(13)4-2-8/h1-4H,5-7H2. The Hall–Kier alpha value is -0.610. The van der Waals surface area contributed by atoms with Gasteiger partial charge >= 0.3 is 0 Å². The highest BCUT2D eigenvalue weighted by atomic mass is 35.7. The Morgan fingerprint density at radius 2 is 1.62 bits per heavy atom. The van der Waals surface area contributed by atoms with E-state index in [0.29, 0.717) is 19.3 Å². The molecule has 0 unspecified atom stereocenters. The molecule has 4 rings (SSSR count). The van der Waals surface area contributed by atoms with E-state index in [2.05, 4.69) is 0 Å². The van der Waals surface area contributed by atoms with Crippen LogP contribution >= 0.6 is 10.7 Å². The Kier molecular flexibility index (Phi) is 1.84. The summed E-state index contributed by atoms with van der Waals surface area (Å²) in [7, 11) is 1.95. The molecule has 2 nitrogen and oxygen atoms in total. The molecule has 0 N–H and O–H groups in total. The molecule has 2 bridgehead atoms. The third kappa shape index (κ3) is 1.14. The maximum absolute atomic E-state index is 12.8. The molecule has 0 aliphatic heterocycles. The van der Waals surface area contributed by atoms with Crippen LogP contribution in [0.5, 0.6) is 0 Å². The first-order valence-electron chi connectivity index (χ1n) is 5.07. The van der Waals surface area contributed by atoms with E-state index in [9.17, 15) is 12.8 Å². The van der Waals surface area contributed by atoms with Gasteiger partial charge in [-0.2, -0.15) is 0 Å². The molecule has 1 aromatic carbocycles. The van der Waals surface area contributed by atoms with Gasteiger partial charge < -0.3 is 0 Å². The summed E-state index contributed by atoms with van der Waals surface area (Å²) in [6, 6.07) is 6.30. The Balaban J connectivity index is 1.86. The van der Waals surface area contributed by atoms with Crippen LogP contribution in [0.2, 0.25) is 0 Å². The predicted octanol–water partition coefficient (Wildman–Crippen LogP) is 2.57. The second kappa shape index (κ2) is 2.79. The minimum Gasteiger partial charge on any atom is -0.212 e. The van der Waals surface area contributed by atoms with Crippen molar-refractivity contribution in [3.63, 3.8) is 0 Å². The summed E-state index contributed by atoms with van der Waals surface area (Å²) in [5, 5.41) is 0. The summed E-state index contributed by atoms with van der Waals surface area (Å²) >= 11 is 0. The molecule has 0 atom stereocenters. The largest absolute Gasteiger partial charge is 0.238 e. The first kappa shape index (κ1) is 10.5. The minimum atomic E-state index is -3.46. The molecule has 3 aliphatic rings. The van der Waals surface area contributed by atoms with Crippen LogP contribution in [-0.2, 0) is 14.5 Å². The van der Waals surface area contributed by atoms with Crippen molar-refractivity contribution < 1.29 is 12.8 Å². The number of rotatable bonds is 2. The van der Waals surface area contributed by atoms with Crippen molar-refractivity contribution in [2.24, 2.45) is 0 Å². The number of hydrogen-bond acceptors (Lipinski definition) is 2. The predicted molar refractivity (Wildman–Crippen MR) is 59.4 cm³/mol. The SMILES string of the molecule is O=S(=O)(Cl)C12CC(c3ccc(F)cc3)(C1)C2. The fraction of sp³-hybridized carbons (Fsp3) is 0.455. The van der Waals surface area contributed by atoms with Crippen molar-refractivity contribution >= 4 is 19.7 Å². The van der Waals surface area contributed by atoms with Gasteiger partial charge in [-0.25, -0.2) is 12.8 Å². The van der Waals surface area contributed by atoms with E-state index in [4.69, 9.17) is 10.7 Å². The first-order chi connectivity index (χ1) is 7.37. The Bertz CT molecular complexity index is 530. The minimum absolute atomic E-state index is 0.0599. The fourth-order valence-electron chi connectivity index (χ4n) is 3.06. The lowest BCUT2D eigenvalue weighted by atomic mass is 9.41. The van der Waals surface area contributed by atoms with Gasteiger partial charge in [-0.15, -0.1) is 0 Å². The summed E-state index contributed by atoms with van der Waals surface area (Å²) in [6.45, 7) is 0. The van der Waals surface area contributed by atoms with E-state index < -0.39 is 13.8 Å².